The van der Waals surface area contributed by atoms with Gasteiger partial charge in [-0.3, -0.25) is 0 Å². The molecule has 1 atom stereocenters. The minimum Gasteiger partial charge on any atom is -0.382 e. The first-order chi connectivity index (χ1) is 7.83. The maximum absolute atomic E-state index is 4.07. The van der Waals surface area contributed by atoms with Gasteiger partial charge in [-0.1, -0.05) is 0 Å². The van der Waals surface area contributed by atoms with E-state index in [0.29, 0.717) is 6.04 Å². The summed E-state index contributed by atoms with van der Waals surface area (Å²) in [6, 6.07) is 7.13. The maximum atomic E-state index is 4.07. The molecule has 0 fully saturated rings. The normalized spacial score (nSPS) is 18.9. The minimum absolute atomic E-state index is 0.589. The van der Waals surface area contributed by atoms with Crippen molar-refractivity contribution in [3.63, 3.8) is 0 Å². The number of rotatable bonds is 1. The average molecular weight is 213 g/mol. The molecular formula is C13H15N3. The molecule has 0 saturated carbocycles. The lowest BCUT2D eigenvalue weighted by Crippen LogP contribution is -2.21. The fourth-order valence-electron chi connectivity index (χ4n) is 2.21. The summed E-state index contributed by atoms with van der Waals surface area (Å²) < 4.78 is 2.04. The van der Waals surface area contributed by atoms with Crippen LogP contribution in [0.2, 0.25) is 0 Å². The van der Waals surface area contributed by atoms with Gasteiger partial charge in [0.1, 0.15) is 0 Å². The van der Waals surface area contributed by atoms with Gasteiger partial charge >= 0.3 is 0 Å². The molecule has 3 nitrogen and oxygen atoms in total. The Labute approximate surface area is 95.1 Å². The Morgan fingerprint density at radius 3 is 3.19 bits per heavy atom. The molecular weight excluding hydrogens is 198 g/mol. The third-order valence-corrected chi connectivity index (χ3v) is 3.14. The zero-order valence-corrected chi connectivity index (χ0v) is 9.35. The number of hydrogen-bond donors (Lipinski definition) is 1. The largest absolute Gasteiger partial charge is 0.382 e. The summed E-state index contributed by atoms with van der Waals surface area (Å²) in [6.07, 6.45) is 7.98. The van der Waals surface area contributed by atoms with Gasteiger partial charge in [-0.15, -0.1) is 0 Å². The zero-order valence-electron chi connectivity index (χ0n) is 9.35. The van der Waals surface area contributed by atoms with Crippen LogP contribution in [0.4, 0.5) is 5.69 Å². The summed E-state index contributed by atoms with van der Waals surface area (Å²) in [7, 11) is 0. The van der Waals surface area contributed by atoms with Crippen LogP contribution in [0.3, 0.4) is 0 Å². The summed E-state index contributed by atoms with van der Waals surface area (Å²) in [5.41, 5.74) is 3.87. The number of hydrogen-bond acceptors (Lipinski definition) is 2. The predicted molar refractivity (Wildman–Crippen MR) is 65.0 cm³/mol. The van der Waals surface area contributed by atoms with Gasteiger partial charge in [0.05, 0.1) is 6.33 Å². The molecule has 3 heteroatoms. The minimum atomic E-state index is 0.589. The molecule has 0 amide bonds. The Hall–Kier alpha value is -1.77. The average Bonchev–Trinajstić information content (AvgIpc) is 2.82. The fourth-order valence-corrected chi connectivity index (χ4v) is 2.21. The highest BCUT2D eigenvalue weighted by atomic mass is 15.0. The van der Waals surface area contributed by atoms with Crippen molar-refractivity contribution in [2.75, 3.05) is 5.32 Å². The van der Waals surface area contributed by atoms with Gasteiger partial charge in [-0.05, 0) is 43.5 Å². The van der Waals surface area contributed by atoms with Crippen LogP contribution in [0.15, 0.2) is 36.9 Å². The number of nitrogens with zero attached hydrogens (tertiary/aromatic N) is 2. The lowest BCUT2D eigenvalue weighted by atomic mass is 9.98. The molecule has 1 unspecified atom stereocenters. The molecule has 82 valence electrons. The number of aryl methyl sites for hydroxylation is 1. The Balaban J connectivity index is 2.00. The molecule has 2 aromatic rings. The van der Waals surface area contributed by atoms with Crippen molar-refractivity contribution in [2.24, 2.45) is 0 Å². The van der Waals surface area contributed by atoms with Crippen LogP contribution in [-0.4, -0.2) is 15.6 Å². The van der Waals surface area contributed by atoms with E-state index in [1.54, 1.807) is 6.20 Å². The summed E-state index contributed by atoms with van der Waals surface area (Å²) in [5.74, 6) is 0. The molecule has 1 aromatic carbocycles. The Bertz CT molecular complexity index is 488. The third-order valence-electron chi connectivity index (χ3n) is 3.14. The molecule has 1 aliphatic heterocycles. The molecule has 3 rings (SSSR count). The first kappa shape index (κ1) is 9.46. The van der Waals surface area contributed by atoms with E-state index in [-0.39, 0.29) is 0 Å². The van der Waals surface area contributed by atoms with Gasteiger partial charge in [0.2, 0.25) is 0 Å². The molecule has 16 heavy (non-hydrogen) atoms. The van der Waals surface area contributed by atoms with Gasteiger partial charge in [-0.2, -0.15) is 0 Å². The van der Waals surface area contributed by atoms with Crippen LogP contribution in [-0.2, 0) is 6.42 Å². The van der Waals surface area contributed by atoms with Gasteiger partial charge in [0, 0.05) is 29.8 Å². The summed E-state index contributed by atoms with van der Waals surface area (Å²) in [6.45, 7) is 2.23. The second-order valence-electron chi connectivity index (χ2n) is 4.40. The van der Waals surface area contributed by atoms with Crippen molar-refractivity contribution >= 4 is 5.69 Å². The van der Waals surface area contributed by atoms with Crippen LogP contribution in [0.5, 0.6) is 0 Å². The van der Waals surface area contributed by atoms with E-state index in [2.05, 4.69) is 35.4 Å². The Morgan fingerprint density at radius 2 is 2.38 bits per heavy atom. The van der Waals surface area contributed by atoms with E-state index < -0.39 is 0 Å². The molecule has 1 N–H and O–H groups in total. The summed E-state index contributed by atoms with van der Waals surface area (Å²) >= 11 is 0. The highest BCUT2D eigenvalue weighted by Crippen LogP contribution is 2.26. The first-order valence-electron chi connectivity index (χ1n) is 5.71. The Kier molecular flexibility index (Phi) is 2.17. The third kappa shape index (κ3) is 1.58. The smallest absolute Gasteiger partial charge is 0.0991 e. The molecule has 0 bridgehead atoms. The van der Waals surface area contributed by atoms with Gasteiger partial charge in [-0.25, -0.2) is 4.98 Å². The van der Waals surface area contributed by atoms with E-state index in [0.717, 1.165) is 6.42 Å². The lowest BCUT2D eigenvalue weighted by Gasteiger charge is -2.24. The molecule has 2 heterocycles. The number of nitrogens with one attached hydrogen (secondary N) is 1. The van der Waals surface area contributed by atoms with Crippen molar-refractivity contribution in [2.45, 2.75) is 25.8 Å². The zero-order chi connectivity index (χ0) is 11.0. The number of aromatic nitrogens is 2. The second kappa shape index (κ2) is 3.67. The second-order valence-corrected chi connectivity index (χ2v) is 4.40. The molecule has 0 aliphatic carbocycles. The van der Waals surface area contributed by atoms with Crippen molar-refractivity contribution in [1.29, 1.82) is 0 Å². The Morgan fingerprint density at radius 1 is 1.44 bits per heavy atom. The topological polar surface area (TPSA) is 29.9 Å². The van der Waals surface area contributed by atoms with Crippen LogP contribution >= 0.6 is 0 Å². The van der Waals surface area contributed by atoms with E-state index in [1.807, 2.05) is 17.1 Å². The van der Waals surface area contributed by atoms with Crippen molar-refractivity contribution < 1.29 is 0 Å². The van der Waals surface area contributed by atoms with Gasteiger partial charge < -0.3 is 9.88 Å². The van der Waals surface area contributed by atoms with Crippen LogP contribution < -0.4 is 5.32 Å². The lowest BCUT2D eigenvalue weighted by molar-refractivity contribution is 0.680. The van der Waals surface area contributed by atoms with Crippen molar-refractivity contribution in [3.05, 3.63) is 42.5 Å². The van der Waals surface area contributed by atoms with E-state index in [1.165, 1.54) is 23.4 Å². The maximum Gasteiger partial charge on any atom is 0.0991 e. The SMILES string of the molecule is CC1CCc2cc(-n3ccnc3)ccc2N1. The van der Waals surface area contributed by atoms with E-state index in [4.69, 9.17) is 0 Å². The van der Waals surface area contributed by atoms with Crippen molar-refractivity contribution in [1.82, 2.24) is 9.55 Å². The molecule has 0 radical (unpaired) electrons. The van der Waals surface area contributed by atoms with E-state index >= 15 is 0 Å². The standard InChI is InChI=1S/C13H15N3/c1-10-2-3-11-8-12(4-5-13(11)15-10)16-7-6-14-9-16/h4-10,15H,2-3H2,1H3. The van der Waals surface area contributed by atoms with Crippen LogP contribution in [0.25, 0.3) is 5.69 Å². The number of anilines is 1. The highest BCUT2D eigenvalue weighted by molar-refractivity contribution is 5.58. The van der Waals surface area contributed by atoms with Gasteiger partial charge in [0.15, 0.2) is 0 Å². The molecule has 0 saturated heterocycles. The molecule has 0 spiro atoms. The van der Waals surface area contributed by atoms with Gasteiger partial charge in [0.25, 0.3) is 0 Å². The van der Waals surface area contributed by atoms with E-state index in [9.17, 15) is 0 Å². The fraction of sp³-hybridized carbons (Fsp3) is 0.308. The molecule has 1 aromatic heterocycles. The van der Waals surface area contributed by atoms with Crippen LogP contribution in [0.1, 0.15) is 18.9 Å². The summed E-state index contributed by atoms with van der Waals surface area (Å²) in [4.78, 5) is 4.07. The summed E-state index contributed by atoms with van der Waals surface area (Å²) in [5, 5.41) is 3.51. The monoisotopic (exact) mass is 213 g/mol. The molecule has 1 aliphatic rings. The quantitative estimate of drug-likeness (QED) is 0.789. The predicted octanol–water partition coefficient (Wildman–Crippen LogP) is 2.62. The number of fused-ring (bicyclic) bond motifs is 1. The van der Waals surface area contributed by atoms with Crippen molar-refractivity contribution in [3.8, 4) is 5.69 Å². The number of benzene rings is 1. The number of imidazole rings is 1. The highest BCUT2D eigenvalue weighted by Gasteiger charge is 2.14. The first-order valence-corrected chi connectivity index (χ1v) is 5.71. The van der Waals surface area contributed by atoms with Crippen LogP contribution in [0, 0.1) is 0 Å².